The molecule has 4 nitrogen and oxygen atoms in total. The Kier molecular flexibility index (Phi) is 6.45. The van der Waals surface area contributed by atoms with E-state index in [2.05, 4.69) is 5.32 Å². The number of hydrogen-bond donors (Lipinski definition) is 1. The summed E-state index contributed by atoms with van der Waals surface area (Å²) in [4.78, 5) is 26.0. The molecule has 148 valence electrons. The van der Waals surface area contributed by atoms with Gasteiger partial charge >= 0.3 is 5.97 Å². The quantitative estimate of drug-likeness (QED) is 0.626. The summed E-state index contributed by atoms with van der Waals surface area (Å²) in [5, 5.41) is 2.94. The fourth-order valence-corrected chi connectivity index (χ4v) is 3.46. The van der Waals surface area contributed by atoms with E-state index in [-0.39, 0.29) is 5.91 Å². The van der Waals surface area contributed by atoms with Gasteiger partial charge in [-0.3, -0.25) is 4.79 Å². The lowest BCUT2D eigenvalue weighted by Gasteiger charge is -2.31. The normalized spacial score (nSPS) is 12.1. The largest absolute Gasteiger partial charge is 0.467 e. The summed E-state index contributed by atoms with van der Waals surface area (Å²) >= 11 is 0. The Labute approximate surface area is 171 Å². The minimum absolute atomic E-state index is 0.249. The van der Waals surface area contributed by atoms with Gasteiger partial charge in [0.1, 0.15) is 6.04 Å². The van der Waals surface area contributed by atoms with Crippen molar-refractivity contribution >= 4 is 11.9 Å². The number of methoxy groups -OCH3 is 1. The van der Waals surface area contributed by atoms with Crippen LogP contribution in [-0.2, 0) is 26.2 Å². The zero-order chi connectivity index (χ0) is 20.7. The molecule has 0 bridgehead atoms. The van der Waals surface area contributed by atoms with Crippen LogP contribution in [0, 0.1) is 0 Å². The maximum atomic E-state index is 13.6. The number of benzene rings is 3. The van der Waals surface area contributed by atoms with Gasteiger partial charge in [-0.1, -0.05) is 91.0 Å². The first-order valence-electron chi connectivity index (χ1n) is 9.59. The van der Waals surface area contributed by atoms with Crippen LogP contribution >= 0.6 is 0 Å². The van der Waals surface area contributed by atoms with E-state index in [4.69, 9.17) is 4.74 Å². The molecule has 1 atom stereocenters. The number of carbonyl (C=O) groups excluding carboxylic acids is 2. The molecule has 0 aliphatic rings. The van der Waals surface area contributed by atoms with Gasteiger partial charge in [-0.05, 0) is 23.6 Å². The van der Waals surface area contributed by atoms with Gasteiger partial charge in [0.15, 0.2) is 0 Å². The molecule has 0 saturated carbocycles. The molecule has 0 spiro atoms. The molecule has 0 fully saturated rings. The zero-order valence-corrected chi connectivity index (χ0v) is 16.7. The van der Waals surface area contributed by atoms with Crippen LogP contribution in [0.4, 0.5) is 0 Å². The van der Waals surface area contributed by atoms with E-state index >= 15 is 0 Å². The van der Waals surface area contributed by atoms with Gasteiger partial charge in [-0.25, -0.2) is 4.79 Å². The molecule has 1 amide bonds. The number of amides is 1. The van der Waals surface area contributed by atoms with E-state index in [0.29, 0.717) is 6.42 Å². The Hall–Kier alpha value is -3.40. The Morgan fingerprint density at radius 3 is 1.72 bits per heavy atom. The SMILES string of the molecule is COC(=O)[C@H](Cc1ccccc1)NC(=O)C(C)(c1ccccc1)c1ccccc1. The molecule has 0 radical (unpaired) electrons. The highest BCUT2D eigenvalue weighted by molar-refractivity contribution is 5.94. The standard InChI is InChI=1S/C25H25NO3/c1-25(20-14-8-4-9-15-20,21-16-10-5-11-17-21)24(28)26-22(23(27)29-2)18-19-12-6-3-7-13-19/h3-17,22H,18H2,1-2H3,(H,26,28)/t22-/m0/s1. The van der Waals surface area contributed by atoms with Crippen LogP contribution in [0.15, 0.2) is 91.0 Å². The van der Waals surface area contributed by atoms with Crippen molar-refractivity contribution in [1.29, 1.82) is 0 Å². The minimum atomic E-state index is -0.953. The third-order valence-electron chi connectivity index (χ3n) is 5.23. The molecular weight excluding hydrogens is 362 g/mol. The molecule has 3 aromatic carbocycles. The second kappa shape index (κ2) is 9.20. The minimum Gasteiger partial charge on any atom is -0.467 e. The lowest BCUT2D eigenvalue weighted by atomic mass is 9.75. The van der Waals surface area contributed by atoms with Crippen molar-refractivity contribution < 1.29 is 14.3 Å². The van der Waals surface area contributed by atoms with Crippen LogP contribution in [0.2, 0.25) is 0 Å². The number of ether oxygens (including phenoxy) is 1. The highest BCUT2D eigenvalue weighted by atomic mass is 16.5. The average molecular weight is 387 g/mol. The van der Waals surface area contributed by atoms with Crippen molar-refractivity contribution in [3.8, 4) is 0 Å². The van der Waals surface area contributed by atoms with Crippen molar-refractivity contribution in [2.24, 2.45) is 0 Å². The summed E-state index contributed by atoms with van der Waals surface area (Å²) in [6.45, 7) is 1.88. The maximum Gasteiger partial charge on any atom is 0.328 e. The van der Waals surface area contributed by atoms with Gasteiger partial charge in [0.05, 0.1) is 12.5 Å². The second-order valence-electron chi connectivity index (χ2n) is 7.10. The van der Waals surface area contributed by atoms with E-state index in [1.165, 1.54) is 7.11 Å². The summed E-state index contributed by atoms with van der Waals surface area (Å²) in [5.74, 6) is -0.716. The predicted octanol–water partition coefficient (Wildman–Crippen LogP) is 3.89. The van der Waals surface area contributed by atoms with Gasteiger partial charge in [-0.15, -0.1) is 0 Å². The Balaban J connectivity index is 1.95. The van der Waals surface area contributed by atoms with Crippen LogP contribution in [-0.4, -0.2) is 25.0 Å². The molecule has 0 aliphatic heterocycles. The highest BCUT2D eigenvalue weighted by Gasteiger charge is 2.39. The number of nitrogens with one attached hydrogen (secondary N) is 1. The molecule has 29 heavy (non-hydrogen) atoms. The van der Waals surface area contributed by atoms with Gasteiger partial charge in [0, 0.05) is 6.42 Å². The van der Waals surface area contributed by atoms with E-state index in [1.54, 1.807) is 0 Å². The van der Waals surface area contributed by atoms with Crippen LogP contribution < -0.4 is 5.32 Å². The molecule has 0 saturated heterocycles. The van der Waals surface area contributed by atoms with Crippen molar-refractivity contribution in [3.05, 3.63) is 108 Å². The van der Waals surface area contributed by atoms with Gasteiger partial charge in [0.25, 0.3) is 0 Å². The monoisotopic (exact) mass is 387 g/mol. The third kappa shape index (κ3) is 4.54. The summed E-state index contributed by atoms with van der Waals surface area (Å²) in [6.07, 6.45) is 0.360. The molecule has 4 heteroatoms. The number of esters is 1. The Bertz CT molecular complexity index is 900. The first kappa shape index (κ1) is 20.3. The smallest absolute Gasteiger partial charge is 0.328 e. The van der Waals surface area contributed by atoms with E-state index in [1.807, 2.05) is 97.9 Å². The predicted molar refractivity (Wildman–Crippen MR) is 113 cm³/mol. The van der Waals surface area contributed by atoms with Crippen LogP contribution in [0.25, 0.3) is 0 Å². The van der Waals surface area contributed by atoms with Crippen molar-refractivity contribution in [2.45, 2.75) is 24.8 Å². The first-order valence-corrected chi connectivity index (χ1v) is 9.59. The van der Waals surface area contributed by atoms with Crippen molar-refractivity contribution in [1.82, 2.24) is 5.32 Å². The van der Waals surface area contributed by atoms with Crippen molar-refractivity contribution in [2.75, 3.05) is 7.11 Å². The van der Waals surface area contributed by atoms with E-state index in [9.17, 15) is 9.59 Å². The molecule has 0 unspecified atom stereocenters. The average Bonchev–Trinajstić information content (AvgIpc) is 2.79. The summed E-state index contributed by atoms with van der Waals surface area (Å²) in [5.41, 5.74) is 1.70. The van der Waals surface area contributed by atoms with Crippen LogP contribution in [0.3, 0.4) is 0 Å². The zero-order valence-electron chi connectivity index (χ0n) is 16.7. The van der Waals surface area contributed by atoms with E-state index in [0.717, 1.165) is 16.7 Å². The summed E-state index contributed by atoms with van der Waals surface area (Å²) in [7, 11) is 1.33. The number of carbonyl (C=O) groups is 2. The molecule has 3 rings (SSSR count). The van der Waals surface area contributed by atoms with Gasteiger partial charge in [-0.2, -0.15) is 0 Å². The lowest BCUT2D eigenvalue weighted by molar-refractivity contribution is -0.145. The second-order valence-corrected chi connectivity index (χ2v) is 7.10. The van der Waals surface area contributed by atoms with Crippen LogP contribution in [0.1, 0.15) is 23.6 Å². The molecule has 3 aromatic rings. The fraction of sp³-hybridized carbons (Fsp3) is 0.200. The van der Waals surface area contributed by atoms with Crippen LogP contribution in [0.5, 0.6) is 0 Å². The molecular formula is C25H25NO3. The lowest BCUT2D eigenvalue weighted by Crippen LogP contribution is -2.51. The Morgan fingerprint density at radius 1 is 0.828 bits per heavy atom. The van der Waals surface area contributed by atoms with Gasteiger partial charge in [0.2, 0.25) is 5.91 Å². The third-order valence-corrected chi connectivity index (χ3v) is 5.23. The molecule has 0 heterocycles. The fourth-order valence-electron chi connectivity index (χ4n) is 3.46. The van der Waals surface area contributed by atoms with Gasteiger partial charge < -0.3 is 10.1 Å². The summed E-state index contributed by atoms with van der Waals surface area (Å²) in [6, 6.07) is 28.0. The number of rotatable bonds is 7. The molecule has 0 aromatic heterocycles. The highest BCUT2D eigenvalue weighted by Crippen LogP contribution is 2.32. The van der Waals surface area contributed by atoms with Crippen molar-refractivity contribution in [3.63, 3.8) is 0 Å². The maximum absolute atomic E-state index is 13.6. The molecule has 0 aliphatic carbocycles. The van der Waals surface area contributed by atoms with E-state index < -0.39 is 17.4 Å². The topological polar surface area (TPSA) is 55.4 Å². The summed E-state index contributed by atoms with van der Waals surface area (Å²) < 4.78 is 4.96. The Morgan fingerprint density at radius 2 is 1.28 bits per heavy atom. The first-order chi connectivity index (χ1) is 14.1. The molecule has 1 N–H and O–H groups in total. The number of hydrogen-bond acceptors (Lipinski definition) is 3.